The van der Waals surface area contributed by atoms with Gasteiger partial charge in [-0.05, 0) is 40.0 Å². The van der Waals surface area contributed by atoms with Crippen molar-refractivity contribution in [1.29, 1.82) is 0 Å². The highest BCUT2D eigenvalue weighted by molar-refractivity contribution is 4.95. The Hall–Kier alpha value is -0.900. The van der Waals surface area contributed by atoms with Gasteiger partial charge in [-0.25, -0.2) is 9.67 Å². The summed E-state index contributed by atoms with van der Waals surface area (Å²) in [6.45, 7) is 7.37. The summed E-state index contributed by atoms with van der Waals surface area (Å²) < 4.78 is 1.98. The largest absolute Gasteiger partial charge is 0.305 e. The molecule has 1 fully saturated rings. The fourth-order valence-electron chi connectivity index (χ4n) is 2.01. The molecule has 2 rings (SSSR count). The van der Waals surface area contributed by atoms with Crippen LogP contribution in [0.2, 0.25) is 0 Å². The molecule has 0 unspecified atom stereocenters. The van der Waals surface area contributed by atoms with Gasteiger partial charge in [-0.15, -0.1) is 0 Å². The van der Waals surface area contributed by atoms with E-state index in [1.807, 2.05) is 4.68 Å². The third kappa shape index (κ3) is 2.20. The predicted octanol–water partition coefficient (Wildman–Crippen LogP) is 1.89. The maximum absolute atomic E-state index is 4.29. The lowest BCUT2D eigenvalue weighted by atomic mass is 9.78. The highest BCUT2D eigenvalue weighted by Gasteiger charge is 2.31. The van der Waals surface area contributed by atoms with E-state index >= 15 is 0 Å². The van der Waals surface area contributed by atoms with Crippen molar-refractivity contribution in [1.82, 2.24) is 20.1 Å². The Morgan fingerprint density at radius 1 is 1.53 bits per heavy atom. The quantitative estimate of drug-likeness (QED) is 0.821. The first-order valence-corrected chi connectivity index (χ1v) is 5.74. The minimum Gasteiger partial charge on any atom is -0.305 e. The number of aromatic nitrogens is 3. The summed E-state index contributed by atoms with van der Waals surface area (Å²) in [6.07, 6.45) is 5.55. The summed E-state index contributed by atoms with van der Waals surface area (Å²) in [5, 5.41) is 7.80. The van der Waals surface area contributed by atoms with Crippen LogP contribution in [0.3, 0.4) is 0 Å². The molecule has 1 aromatic rings. The topological polar surface area (TPSA) is 42.7 Å². The summed E-state index contributed by atoms with van der Waals surface area (Å²) in [5.74, 6) is 1.04. The molecule has 4 heteroatoms. The molecular weight excluding hydrogens is 188 g/mol. The van der Waals surface area contributed by atoms with E-state index in [1.54, 1.807) is 6.33 Å². The summed E-state index contributed by atoms with van der Waals surface area (Å²) in [4.78, 5) is 4.29. The van der Waals surface area contributed by atoms with Crippen molar-refractivity contribution < 1.29 is 0 Å². The van der Waals surface area contributed by atoms with Crippen LogP contribution in [0, 0.1) is 0 Å². The first-order valence-electron chi connectivity index (χ1n) is 5.74. The van der Waals surface area contributed by atoms with Gasteiger partial charge in [-0.3, -0.25) is 0 Å². The van der Waals surface area contributed by atoms with Crippen LogP contribution in [0.4, 0.5) is 0 Å². The van der Waals surface area contributed by atoms with Gasteiger partial charge in [0.15, 0.2) is 0 Å². The van der Waals surface area contributed by atoms with Gasteiger partial charge in [0.1, 0.15) is 12.2 Å². The first-order chi connectivity index (χ1) is 7.11. The van der Waals surface area contributed by atoms with E-state index < -0.39 is 0 Å². The van der Waals surface area contributed by atoms with E-state index in [9.17, 15) is 0 Å². The number of nitrogens with one attached hydrogen (secondary N) is 1. The molecule has 0 radical (unpaired) electrons. The Labute approximate surface area is 91.1 Å². The molecule has 0 saturated heterocycles. The zero-order valence-corrected chi connectivity index (χ0v) is 9.82. The van der Waals surface area contributed by atoms with E-state index in [-0.39, 0.29) is 0 Å². The zero-order valence-electron chi connectivity index (χ0n) is 9.82. The minimum atomic E-state index is 0.341. The SMILES string of the molecule is CC(C)n1ncnc1CNC1(C)CCC1. The molecule has 1 N–H and O–H groups in total. The van der Waals surface area contributed by atoms with E-state index in [0.717, 1.165) is 12.4 Å². The van der Waals surface area contributed by atoms with Gasteiger partial charge in [-0.2, -0.15) is 5.10 Å². The van der Waals surface area contributed by atoms with Crippen LogP contribution in [-0.2, 0) is 6.54 Å². The van der Waals surface area contributed by atoms with Gasteiger partial charge in [-0.1, -0.05) is 0 Å². The number of hydrogen-bond donors (Lipinski definition) is 1. The van der Waals surface area contributed by atoms with E-state index in [1.165, 1.54) is 19.3 Å². The second-order valence-corrected chi connectivity index (χ2v) is 4.98. The summed E-state index contributed by atoms with van der Waals surface area (Å²) in [5.41, 5.74) is 0.341. The lowest BCUT2D eigenvalue weighted by Crippen LogP contribution is -2.48. The third-order valence-electron chi connectivity index (χ3n) is 3.27. The lowest BCUT2D eigenvalue weighted by Gasteiger charge is -2.39. The van der Waals surface area contributed by atoms with Crippen molar-refractivity contribution in [2.24, 2.45) is 0 Å². The minimum absolute atomic E-state index is 0.341. The Balaban J connectivity index is 1.95. The molecule has 1 aromatic heterocycles. The Morgan fingerprint density at radius 2 is 2.27 bits per heavy atom. The second kappa shape index (κ2) is 3.93. The molecule has 15 heavy (non-hydrogen) atoms. The normalized spacial score (nSPS) is 19.2. The summed E-state index contributed by atoms with van der Waals surface area (Å²) in [6, 6.07) is 0.387. The van der Waals surface area contributed by atoms with Crippen molar-refractivity contribution in [3.05, 3.63) is 12.2 Å². The molecular formula is C11H20N4. The van der Waals surface area contributed by atoms with Gasteiger partial charge in [0.05, 0.1) is 6.54 Å². The maximum atomic E-state index is 4.29. The molecule has 1 saturated carbocycles. The average molecular weight is 208 g/mol. The standard InChI is InChI=1S/C11H20N4/c1-9(2)15-10(12-8-14-15)7-13-11(3)5-4-6-11/h8-9,13H,4-7H2,1-3H3. The van der Waals surface area contributed by atoms with Crippen LogP contribution < -0.4 is 5.32 Å². The van der Waals surface area contributed by atoms with E-state index in [0.29, 0.717) is 11.6 Å². The van der Waals surface area contributed by atoms with Crippen LogP contribution >= 0.6 is 0 Å². The van der Waals surface area contributed by atoms with Gasteiger partial charge >= 0.3 is 0 Å². The van der Waals surface area contributed by atoms with Crippen LogP contribution in [0.5, 0.6) is 0 Å². The number of hydrogen-bond acceptors (Lipinski definition) is 3. The lowest BCUT2D eigenvalue weighted by molar-refractivity contribution is 0.203. The van der Waals surface area contributed by atoms with Crippen LogP contribution in [0.15, 0.2) is 6.33 Å². The molecule has 0 bridgehead atoms. The van der Waals surface area contributed by atoms with Crippen molar-refractivity contribution in [3.8, 4) is 0 Å². The summed E-state index contributed by atoms with van der Waals surface area (Å²) >= 11 is 0. The number of rotatable bonds is 4. The molecule has 1 aliphatic carbocycles. The van der Waals surface area contributed by atoms with Crippen molar-refractivity contribution >= 4 is 0 Å². The number of nitrogens with zero attached hydrogens (tertiary/aromatic N) is 3. The van der Waals surface area contributed by atoms with E-state index in [2.05, 4.69) is 36.2 Å². The molecule has 0 aliphatic heterocycles. The first kappa shape index (κ1) is 10.6. The molecule has 1 aliphatic rings. The van der Waals surface area contributed by atoms with Crippen molar-refractivity contribution in [3.63, 3.8) is 0 Å². The van der Waals surface area contributed by atoms with Crippen LogP contribution in [-0.4, -0.2) is 20.3 Å². The Morgan fingerprint density at radius 3 is 2.80 bits per heavy atom. The molecule has 0 spiro atoms. The highest BCUT2D eigenvalue weighted by atomic mass is 15.4. The molecule has 1 heterocycles. The van der Waals surface area contributed by atoms with Gasteiger partial charge in [0, 0.05) is 11.6 Å². The Kier molecular flexibility index (Phi) is 2.78. The van der Waals surface area contributed by atoms with Crippen molar-refractivity contribution in [2.45, 2.75) is 58.2 Å². The second-order valence-electron chi connectivity index (χ2n) is 4.98. The maximum Gasteiger partial charge on any atom is 0.141 e. The van der Waals surface area contributed by atoms with Crippen LogP contribution in [0.1, 0.15) is 51.9 Å². The molecule has 84 valence electrons. The molecule has 0 atom stereocenters. The molecule has 0 aromatic carbocycles. The average Bonchev–Trinajstić information content (AvgIpc) is 2.59. The highest BCUT2D eigenvalue weighted by Crippen LogP contribution is 2.31. The van der Waals surface area contributed by atoms with Gasteiger partial charge < -0.3 is 5.32 Å². The van der Waals surface area contributed by atoms with Crippen LogP contribution in [0.25, 0.3) is 0 Å². The fraction of sp³-hybridized carbons (Fsp3) is 0.818. The van der Waals surface area contributed by atoms with Crippen molar-refractivity contribution in [2.75, 3.05) is 0 Å². The monoisotopic (exact) mass is 208 g/mol. The zero-order chi connectivity index (χ0) is 10.9. The fourth-order valence-corrected chi connectivity index (χ4v) is 2.01. The third-order valence-corrected chi connectivity index (χ3v) is 3.27. The predicted molar refractivity (Wildman–Crippen MR) is 59.5 cm³/mol. The van der Waals surface area contributed by atoms with E-state index in [4.69, 9.17) is 0 Å². The summed E-state index contributed by atoms with van der Waals surface area (Å²) in [7, 11) is 0. The smallest absolute Gasteiger partial charge is 0.141 e. The molecule has 0 amide bonds. The van der Waals surface area contributed by atoms with Gasteiger partial charge in [0.25, 0.3) is 0 Å². The van der Waals surface area contributed by atoms with Gasteiger partial charge in [0.2, 0.25) is 0 Å². The Bertz CT molecular complexity index is 325. The molecule has 4 nitrogen and oxygen atoms in total.